The Hall–Kier alpha value is -2.12. The van der Waals surface area contributed by atoms with Crippen LogP contribution in [0, 0.1) is 5.92 Å². The van der Waals surface area contributed by atoms with E-state index in [0.717, 1.165) is 30.6 Å². The Kier molecular flexibility index (Phi) is 5.72. The van der Waals surface area contributed by atoms with E-state index in [1.165, 1.54) is 12.1 Å². The van der Waals surface area contributed by atoms with Crippen molar-refractivity contribution in [3.05, 3.63) is 33.3 Å². The van der Waals surface area contributed by atoms with Gasteiger partial charge < -0.3 is 5.32 Å². The maximum Gasteiger partial charge on any atom is 0.321 e. The van der Waals surface area contributed by atoms with Crippen LogP contribution in [0.1, 0.15) is 53.3 Å². The third-order valence-electron chi connectivity index (χ3n) is 4.99. The van der Waals surface area contributed by atoms with Gasteiger partial charge in [-0.3, -0.25) is 24.6 Å². The number of nitrogens with zero attached hydrogens (tertiary/aromatic N) is 1. The second-order valence-electron chi connectivity index (χ2n) is 6.90. The van der Waals surface area contributed by atoms with E-state index in [1.54, 1.807) is 0 Å². The number of carbonyl (C=O) groups is 4. The van der Waals surface area contributed by atoms with Crippen LogP contribution < -0.4 is 10.6 Å². The zero-order chi connectivity index (χ0) is 19.7. The van der Waals surface area contributed by atoms with E-state index >= 15 is 0 Å². The first-order chi connectivity index (χ1) is 12.8. The summed E-state index contributed by atoms with van der Waals surface area (Å²) < 4.78 is 0. The van der Waals surface area contributed by atoms with E-state index in [-0.39, 0.29) is 27.2 Å². The van der Waals surface area contributed by atoms with Crippen molar-refractivity contribution in [1.82, 2.24) is 15.5 Å². The minimum Gasteiger partial charge on any atom is -0.335 e. The average Bonchev–Trinajstić information content (AvgIpc) is 2.82. The van der Waals surface area contributed by atoms with Crippen molar-refractivity contribution in [2.24, 2.45) is 5.92 Å². The fourth-order valence-corrected chi connectivity index (χ4v) is 3.80. The lowest BCUT2D eigenvalue weighted by atomic mass is 9.86. The van der Waals surface area contributed by atoms with Crippen molar-refractivity contribution in [3.8, 4) is 0 Å². The lowest BCUT2D eigenvalue weighted by Gasteiger charge is -2.29. The molecule has 2 atom stereocenters. The molecule has 0 saturated heterocycles. The molecule has 1 aromatic rings. The van der Waals surface area contributed by atoms with Gasteiger partial charge in [0.15, 0.2) is 0 Å². The van der Waals surface area contributed by atoms with E-state index in [1.807, 2.05) is 0 Å². The number of carbonyl (C=O) groups excluding carboxylic acids is 4. The normalized spacial score (nSPS) is 21.8. The summed E-state index contributed by atoms with van der Waals surface area (Å²) in [4.78, 5) is 49.7. The largest absolute Gasteiger partial charge is 0.335 e. The number of halogens is 2. The highest BCUT2D eigenvalue weighted by Gasteiger charge is 2.37. The van der Waals surface area contributed by atoms with Crippen LogP contribution in [0.3, 0.4) is 0 Å². The van der Waals surface area contributed by atoms with Crippen molar-refractivity contribution in [2.75, 3.05) is 6.54 Å². The maximum absolute atomic E-state index is 12.4. The molecule has 144 valence electrons. The van der Waals surface area contributed by atoms with E-state index in [4.69, 9.17) is 23.2 Å². The molecule has 0 bridgehead atoms. The Morgan fingerprint density at radius 1 is 1.07 bits per heavy atom. The summed E-state index contributed by atoms with van der Waals surface area (Å²) in [6.07, 6.45) is 4.05. The zero-order valence-electron chi connectivity index (χ0n) is 14.7. The summed E-state index contributed by atoms with van der Waals surface area (Å²) in [5.41, 5.74) is 0.172. The molecule has 7 nitrogen and oxygen atoms in total. The van der Waals surface area contributed by atoms with Crippen molar-refractivity contribution >= 4 is 47.0 Å². The second kappa shape index (κ2) is 7.86. The molecule has 1 aromatic carbocycles. The van der Waals surface area contributed by atoms with E-state index in [0.29, 0.717) is 5.92 Å². The van der Waals surface area contributed by atoms with Gasteiger partial charge in [0.05, 0.1) is 21.2 Å². The minimum atomic E-state index is -0.748. The van der Waals surface area contributed by atoms with Gasteiger partial charge in [-0.1, -0.05) is 43.0 Å². The summed E-state index contributed by atoms with van der Waals surface area (Å²) in [5.74, 6) is -1.71. The molecule has 1 heterocycles. The molecule has 0 spiro atoms. The summed E-state index contributed by atoms with van der Waals surface area (Å²) in [7, 11) is 0. The van der Waals surface area contributed by atoms with Gasteiger partial charge in [0.2, 0.25) is 5.91 Å². The van der Waals surface area contributed by atoms with Gasteiger partial charge in [-0.25, -0.2) is 4.79 Å². The molecule has 0 radical (unpaired) electrons. The van der Waals surface area contributed by atoms with Crippen LogP contribution in [-0.2, 0) is 4.79 Å². The molecule has 27 heavy (non-hydrogen) atoms. The molecule has 3 rings (SSSR count). The minimum absolute atomic E-state index is 0.00939. The molecule has 1 aliphatic carbocycles. The average molecular weight is 412 g/mol. The number of fused-ring (bicyclic) bond motifs is 1. The van der Waals surface area contributed by atoms with Gasteiger partial charge in [0.1, 0.15) is 6.54 Å². The van der Waals surface area contributed by atoms with Crippen LogP contribution >= 0.6 is 23.2 Å². The van der Waals surface area contributed by atoms with Gasteiger partial charge in [-0.2, -0.15) is 0 Å². The molecule has 1 saturated carbocycles. The van der Waals surface area contributed by atoms with Crippen LogP contribution in [-0.4, -0.2) is 41.2 Å². The first-order valence-electron chi connectivity index (χ1n) is 8.73. The lowest BCUT2D eigenvalue weighted by molar-refractivity contribution is -0.120. The number of urea groups is 1. The molecular formula is C18H19Cl2N3O4. The highest BCUT2D eigenvalue weighted by Crippen LogP contribution is 2.31. The molecule has 5 amide bonds. The number of rotatable bonds is 3. The van der Waals surface area contributed by atoms with Crippen LogP contribution in [0.4, 0.5) is 4.79 Å². The zero-order valence-corrected chi connectivity index (χ0v) is 16.2. The van der Waals surface area contributed by atoms with Crippen molar-refractivity contribution in [2.45, 2.75) is 38.6 Å². The highest BCUT2D eigenvalue weighted by molar-refractivity contribution is 6.43. The fourth-order valence-electron chi connectivity index (χ4n) is 3.47. The Morgan fingerprint density at radius 3 is 2.19 bits per heavy atom. The molecule has 2 aliphatic rings. The SMILES string of the molecule is C[C@H]1CCCC[C@H]1NC(=O)NC(=O)CN1C(=O)c2cc(Cl)c(Cl)cc2C1=O. The first kappa shape index (κ1) is 19.6. The second-order valence-corrected chi connectivity index (χ2v) is 7.71. The van der Waals surface area contributed by atoms with Crippen molar-refractivity contribution < 1.29 is 19.2 Å². The quantitative estimate of drug-likeness (QED) is 0.747. The number of hydrogen-bond donors (Lipinski definition) is 2. The molecule has 0 unspecified atom stereocenters. The van der Waals surface area contributed by atoms with Crippen molar-refractivity contribution in [1.29, 1.82) is 0 Å². The van der Waals surface area contributed by atoms with E-state index in [2.05, 4.69) is 17.6 Å². The van der Waals surface area contributed by atoms with Crippen molar-refractivity contribution in [3.63, 3.8) is 0 Å². The van der Waals surface area contributed by atoms with Crippen LogP contribution in [0.5, 0.6) is 0 Å². The standard InChI is InChI=1S/C18H19Cl2N3O4/c1-9-4-2-3-5-14(9)21-18(27)22-15(24)8-23-16(25)10-6-12(19)13(20)7-11(10)17(23)26/h6-7,9,14H,2-5,8H2,1H3,(H2,21,22,24,27)/t9-,14+/m0/s1. The van der Waals surface area contributed by atoms with Gasteiger partial charge in [0.25, 0.3) is 11.8 Å². The smallest absolute Gasteiger partial charge is 0.321 e. The summed E-state index contributed by atoms with van der Waals surface area (Å²) >= 11 is 11.8. The Morgan fingerprint density at radius 2 is 1.63 bits per heavy atom. The van der Waals surface area contributed by atoms with Gasteiger partial charge >= 0.3 is 6.03 Å². The predicted octanol–water partition coefficient (Wildman–Crippen LogP) is 2.99. The fraction of sp³-hybridized carbons (Fsp3) is 0.444. The molecule has 1 aliphatic heterocycles. The Bertz CT molecular complexity index is 786. The first-order valence-corrected chi connectivity index (χ1v) is 9.49. The van der Waals surface area contributed by atoms with Gasteiger partial charge in [0, 0.05) is 6.04 Å². The van der Waals surface area contributed by atoms with Gasteiger partial charge in [-0.05, 0) is 30.9 Å². The number of benzene rings is 1. The van der Waals surface area contributed by atoms with E-state index in [9.17, 15) is 19.2 Å². The third kappa shape index (κ3) is 4.09. The number of nitrogens with one attached hydrogen (secondary N) is 2. The van der Waals surface area contributed by atoms with Crippen LogP contribution in [0.15, 0.2) is 12.1 Å². The Labute approximate surface area is 166 Å². The molecular weight excluding hydrogens is 393 g/mol. The maximum atomic E-state index is 12.4. The topological polar surface area (TPSA) is 95.6 Å². The molecule has 1 fully saturated rings. The number of amides is 5. The monoisotopic (exact) mass is 411 g/mol. The lowest BCUT2D eigenvalue weighted by Crippen LogP contribution is -2.50. The summed E-state index contributed by atoms with van der Waals surface area (Å²) in [6, 6.07) is 1.99. The summed E-state index contributed by atoms with van der Waals surface area (Å²) in [5, 5.41) is 5.25. The van der Waals surface area contributed by atoms with Gasteiger partial charge in [-0.15, -0.1) is 0 Å². The van der Waals surface area contributed by atoms with Crippen LogP contribution in [0.2, 0.25) is 10.0 Å². The Balaban J connectivity index is 1.60. The van der Waals surface area contributed by atoms with E-state index < -0.39 is 30.3 Å². The molecule has 2 N–H and O–H groups in total. The van der Waals surface area contributed by atoms with Crippen LogP contribution in [0.25, 0.3) is 0 Å². The predicted molar refractivity (Wildman–Crippen MR) is 99.9 cm³/mol. The molecule has 9 heteroatoms. The summed E-state index contributed by atoms with van der Waals surface area (Å²) in [6.45, 7) is 1.50. The highest BCUT2D eigenvalue weighted by atomic mass is 35.5. The number of imide groups is 2. The number of hydrogen-bond acceptors (Lipinski definition) is 4. The molecule has 0 aromatic heterocycles. The third-order valence-corrected chi connectivity index (χ3v) is 5.72.